The van der Waals surface area contributed by atoms with Gasteiger partial charge in [-0.1, -0.05) is 0 Å². The van der Waals surface area contributed by atoms with Gasteiger partial charge in [0.25, 0.3) is 0 Å². The Morgan fingerprint density at radius 1 is 1.29 bits per heavy atom. The fourth-order valence-corrected chi connectivity index (χ4v) is 4.31. The van der Waals surface area contributed by atoms with Gasteiger partial charge < -0.3 is 4.74 Å². The first kappa shape index (κ1) is 15.9. The van der Waals surface area contributed by atoms with Gasteiger partial charge in [0, 0.05) is 11.6 Å². The molecule has 21 heavy (non-hydrogen) atoms. The van der Waals surface area contributed by atoms with Gasteiger partial charge in [-0.05, 0) is 44.0 Å². The number of sulfonamides is 1. The monoisotopic (exact) mass is 326 g/mol. The van der Waals surface area contributed by atoms with Gasteiger partial charge in [0.1, 0.15) is 10.8 Å². The molecular weight excluding hydrogens is 308 g/mol. The predicted octanol–water partition coefficient (Wildman–Crippen LogP) is 2.81. The van der Waals surface area contributed by atoms with Crippen molar-refractivity contribution < 1.29 is 13.2 Å². The van der Waals surface area contributed by atoms with Crippen molar-refractivity contribution >= 4 is 21.4 Å². The molecule has 2 rings (SSSR count). The molecule has 0 aliphatic heterocycles. The molecule has 0 radical (unpaired) electrons. The van der Waals surface area contributed by atoms with E-state index in [1.807, 2.05) is 12.3 Å². The van der Waals surface area contributed by atoms with E-state index in [4.69, 9.17) is 4.74 Å². The summed E-state index contributed by atoms with van der Waals surface area (Å²) in [4.78, 5) is 4.40. The molecule has 0 aliphatic carbocycles. The fraction of sp³-hybridized carbons (Fsp3) is 0.357. The summed E-state index contributed by atoms with van der Waals surface area (Å²) < 4.78 is 32.9. The molecule has 0 saturated carbocycles. The van der Waals surface area contributed by atoms with Crippen LogP contribution in [-0.2, 0) is 10.0 Å². The van der Waals surface area contributed by atoms with Gasteiger partial charge in [-0.2, -0.15) is 0 Å². The van der Waals surface area contributed by atoms with Crippen molar-refractivity contribution in [3.05, 3.63) is 39.8 Å². The van der Waals surface area contributed by atoms with Crippen molar-refractivity contribution in [2.75, 3.05) is 7.11 Å². The first-order valence-electron chi connectivity index (χ1n) is 6.42. The Labute approximate surface area is 129 Å². The zero-order valence-electron chi connectivity index (χ0n) is 12.4. The van der Waals surface area contributed by atoms with Gasteiger partial charge in [-0.25, -0.2) is 18.1 Å². The smallest absolute Gasteiger partial charge is 0.241 e. The van der Waals surface area contributed by atoms with E-state index in [0.717, 1.165) is 10.6 Å². The van der Waals surface area contributed by atoms with Crippen LogP contribution in [0.15, 0.2) is 28.6 Å². The van der Waals surface area contributed by atoms with Crippen molar-refractivity contribution in [1.82, 2.24) is 9.71 Å². The van der Waals surface area contributed by atoms with Crippen molar-refractivity contribution in [2.45, 2.75) is 31.7 Å². The molecule has 0 fully saturated rings. The molecule has 0 unspecified atom stereocenters. The van der Waals surface area contributed by atoms with Crippen LogP contribution in [0.3, 0.4) is 0 Å². The highest BCUT2D eigenvalue weighted by atomic mass is 32.2. The van der Waals surface area contributed by atoms with Crippen LogP contribution in [0.1, 0.15) is 29.1 Å². The summed E-state index contributed by atoms with van der Waals surface area (Å²) in [6.07, 6.45) is 1.66. The Hall–Kier alpha value is -1.44. The van der Waals surface area contributed by atoms with Gasteiger partial charge in [-0.15, -0.1) is 11.3 Å². The van der Waals surface area contributed by atoms with Crippen LogP contribution in [0, 0.1) is 13.8 Å². The maximum absolute atomic E-state index is 12.5. The second kappa shape index (κ2) is 6.13. The molecule has 0 bridgehead atoms. The highest BCUT2D eigenvalue weighted by molar-refractivity contribution is 7.89. The normalized spacial score (nSPS) is 13.1. The molecule has 7 heteroatoms. The Balaban J connectivity index is 2.34. The third-order valence-electron chi connectivity index (χ3n) is 3.35. The summed E-state index contributed by atoms with van der Waals surface area (Å²) in [5.41, 5.74) is 1.51. The first-order chi connectivity index (χ1) is 9.86. The summed E-state index contributed by atoms with van der Waals surface area (Å²) in [7, 11) is -2.03. The molecule has 114 valence electrons. The lowest BCUT2D eigenvalue weighted by Crippen LogP contribution is -2.27. The van der Waals surface area contributed by atoms with Gasteiger partial charge >= 0.3 is 0 Å². The van der Waals surface area contributed by atoms with Crippen LogP contribution >= 0.6 is 11.3 Å². The highest BCUT2D eigenvalue weighted by Gasteiger charge is 2.23. The quantitative estimate of drug-likeness (QED) is 0.917. The van der Waals surface area contributed by atoms with Crippen LogP contribution < -0.4 is 9.46 Å². The van der Waals surface area contributed by atoms with E-state index in [1.54, 1.807) is 39.3 Å². The number of thiazole rings is 1. The highest BCUT2D eigenvalue weighted by Crippen LogP contribution is 2.28. The van der Waals surface area contributed by atoms with Crippen molar-refractivity contribution in [2.24, 2.45) is 0 Å². The van der Waals surface area contributed by atoms with Gasteiger partial charge in [0.05, 0.1) is 18.0 Å². The van der Waals surface area contributed by atoms with Crippen molar-refractivity contribution in [1.29, 1.82) is 0 Å². The number of hydrogen-bond donors (Lipinski definition) is 1. The van der Waals surface area contributed by atoms with E-state index >= 15 is 0 Å². The molecule has 0 amide bonds. The molecule has 0 aliphatic rings. The number of benzene rings is 1. The molecule has 1 aromatic heterocycles. The molecule has 5 nitrogen and oxygen atoms in total. The van der Waals surface area contributed by atoms with E-state index in [-0.39, 0.29) is 10.9 Å². The largest absolute Gasteiger partial charge is 0.496 e. The summed E-state index contributed by atoms with van der Waals surface area (Å²) in [5.74, 6) is 0.680. The molecule has 1 heterocycles. The maximum atomic E-state index is 12.5. The summed E-state index contributed by atoms with van der Waals surface area (Å²) in [6.45, 7) is 5.40. The number of rotatable bonds is 5. The summed E-state index contributed by atoms with van der Waals surface area (Å²) in [6, 6.07) is 2.88. The van der Waals surface area contributed by atoms with Gasteiger partial charge in [-0.3, -0.25) is 0 Å². The van der Waals surface area contributed by atoms with Gasteiger partial charge in [0.2, 0.25) is 10.0 Å². The van der Waals surface area contributed by atoms with Crippen LogP contribution in [0.2, 0.25) is 0 Å². The van der Waals surface area contributed by atoms with E-state index in [2.05, 4.69) is 9.71 Å². The number of hydrogen-bond acceptors (Lipinski definition) is 5. The lowest BCUT2D eigenvalue weighted by molar-refractivity contribution is 0.410. The number of ether oxygens (including phenoxy) is 1. The zero-order valence-corrected chi connectivity index (χ0v) is 14.0. The molecular formula is C14H18N2O3S2. The number of aromatic nitrogens is 1. The summed E-state index contributed by atoms with van der Waals surface area (Å²) >= 11 is 1.42. The van der Waals surface area contributed by atoms with Crippen molar-refractivity contribution in [3.63, 3.8) is 0 Å². The van der Waals surface area contributed by atoms with E-state index in [9.17, 15) is 8.42 Å². The van der Waals surface area contributed by atoms with Crippen molar-refractivity contribution in [3.8, 4) is 5.75 Å². The molecule has 1 N–H and O–H groups in total. The Morgan fingerprint density at radius 3 is 2.57 bits per heavy atom. The van der Waals surface area contributed by atoms with Crippen LogP contribution in [0.4, 0.5) is 0 Å². The minimum atomic E-state index is -3.60. The molecule has 0 spiro atoms. The molecule has 1 aromatic carbocycles. The van der Waals surface area contributed by atoms with E-state index < -0.39 is 10.0 Å². The number of methoxy groups -OCH3 is 1. The Kier molecular flexibility index (Phi) is 4.65. The number of nitrogens with zero attached hydrogens (tertiary/aromatic N) is 1. The molecule has 2 aromatic rings. The Morgan fingerprint density at radius 2 is 2.00 bits per heavy atom. The van der Waals surface area contributed by atoms with E-state index in [1.165, 1.54) is 11.3 Å². The minimum Gasteiger partial charge on any atom is -0.496 e. The van der Waals surface area contributed by atoms with Crippen LogP contribution in [-0.4, -0.2) is 20.5 Å². The molecule has 0 saturated heterocycles. The Bertz CT molecular complexity index is 725. The lowest BCUT2D eigenvalue weighted by Gasteiger charge is -2.16. The van der Waals surface area contributed by atoms with Crippen LogP contribution in [0.5, 0.6) is 5.75 Å². The maximum Gasteiger partial charge on any atom is 0.241 e. The standard InChI is InChI=1S/C14H18N2O3S2/c1-9-10(2)13(6-5-12(9)19-4)21(17,18)16-11(3)14-15-7-8-20-14/h5-8,11,16H,1-4H3/t11-/m0/s1. The predicted molar refractivity (Wildman–Crippen MR) is 83.3 cm³/mol. The average molecular weight is 326 g/mol. The third kappa shape index (κ3) is 3.25. The second-order valence-corrected chi connectivity index (χ2v) is 7.34. The molecule has 1 atom stereocenters. The van der Waals surface area contributed by atoms with Gasteiger partial charge in [0.15, 0.2) is 0 Å². The minimum absolute atomic E-state index is 0.268. The SMILES string of the molecule is COc1ccc(S(=O)(=O)N[C@@H](C)c2nccs2)c(C)c1C. The second-order valence-electron chi connectivity index (χ2n) is 4.73. The third-order valence-corrected chi connectivity index (χ3v) is 5.99. The average Bonchev–Trinajstić information content (AvgIpc) is 2.95. The number of nitrogens with one attached hydrogen (secondary N) is 1. The lowest BCUT2D eigenvalue weighted by atomic mass is 10.1. The summed E-state index contributed by atoms with van der Waals surface area (Å²) in [5, 5.41) is 2.56. The topological polar surface area (TPSA) is 68.3 Å². The zero-order chi connectivity index (χ0) is 15.6. The fourth-order valence-electron chi connectivity index (χ4n) is 2.08. The van der Waals surface area contributed by atoms with E-state index in [0.29, 0.717) is 11.3 Å². The van der Waals surface area contributed by atoms with Crippen LogP contribution in [0.25, 0.3) is 0 Å². The first-order valence-corrected chi connectivity index (χ1v) is 8.79.